The Balaban J connectivity index is 1.47. The van der Waals surface area contributed by atoms with Crippen LogP contribution in [0.1, 0.15) is 44.9 Å². The summed E-state index contributed by atoms with van der Waals surface area (Å²) in [4.78, 5) is 33.3. The minimum atomic E-state index is -0.708. The third-order valence-electron chi connectivity index (χ3n) is 4.89. The molecule has 0 radical (unpaired) electrons. The van der Waals surface area contributed by atoms with Crippen molar-refractivity contribution in [1.82, 2.24) is 9.97 Å². The van der Waals surface area contributed by atoms with E-state index in [-0.39, 0.29) is 22.6 Å². The summed E-state index contributed by atoms with van der Waals surface area (Å²) in [6.07, 6.45) is 6.31. The molecule has 0 unspecified atom stereocenters. The standard InChI is InChI=1S/C21H20FN5O3S/c1-11-7-15(22)14(8-16(11)26-20(29)17-10-25-21(23)31-17)19(28)27-18-6-5-13(9-24-18)30-12-3-2-4-12/h5-10,12H,2-4H2,1H3,(H2,23,25)(H,26,29)(H,24,27,28). The number of pyridine rings is 1. The zero-order chi connectivity index (χ0) is 22.0. The lowest BCUT2D eigenvalue weighted by molar-refractivity contribution is 0.101. The fraction of sp³-hybridized carbons (Fsp3) is 0.238. The molecule has 0 atom stereocenters. The number of carbonyl (C=O) groups excluding carboxylic acids is 2. The molecule has 0 bridgehead atoms. The third-order valence-corrected chi connectivity index (χ3v) is 5.71. The van der Waals surface area contributed by atoms with Crippen molar-refractivity contribution in [3.63, 3.8) is 0 Å². The zero-order valence-electron chi connectivity index (χ0n) is 16.6. The molecular weight excluding hydrogens is 421 g/mol. The number of benzene rings is 1. The summed E-state index contributed by atoms with van der Waals surface area (Å²) in [5.41, 5.74) is 6.10. The molecule has 10 heteroatoms. The van der Waals surface area contributed by atoms with Gasteiger partial charge < -0.3 is 21.1 Å². The van der Waals surface area contributed by atoms with Crippen LogP contribution in [0.2, 0.25) is 0 Å². The van der Waals surface area contributed by atoms with Crippen LogP contribution in [-0.4, -0.2) is 27.9 Å². The molecule has 160 valence electrons. The first-order chi connectivity index (χ1) is 14.9. The highest BCUT2D eigenvalue weighted by atomic mass is 32.1. The molecule has 4 N–H and O–H groups in total. The van der Waals surface area contributed by atoms with E-state index in [4.69, 9.17) is 10.5 Å². The summed E-state index contributed by atoms with van der Waals surface area (Å²) in [5, 5.41) is 5.48. The number of aryl methyl sites for hydroxylation is 1. The van der Waals surface area contributed by atoms with Crippen molar-refractivity contribution < 1.29 is 18.7 Å². The zero-order valence-corrected chi connectivity index (χ0v) is 17.5. The number of aromatic nitrogens is 2. The molecule has 1 saturated carbocycles. The minimum Gasteiger partial charge on any atom is -0.489 e. The summed E-state index contributed by atoms with van der Waals surface area (Å²) in [6, 6.07) is 5.78. The molecule has 0 saturated heterocycles. The first-order valence-corrected chi connectivity index (χ1v) is 10.5. The summed E-state index contributed by atoms with van der Waals surface area (Å²) in [6.45, 7) is 1.63. The van der Waals surface area contributed by atoms with Gasteiger partial charge in [0.05, 0.1) is 24.1 Å². The lowest BCUT2D eigenvalue weighted by Gasteiger charge is -2.26. The van der Waals surface area contributed by atoms with E-state index >= 15 is 0 Å². The second kappa shape index (κ2) is 8.68. The number of thiazole rings is 1. The maximum absolute atomic E-state index is 14.5. The van der Waals surface area contributed by atoms with Gasteiger partial charge in [-0.1, -0.05) is 11.3 Å². The van der Waals surface area contributed by atoms with Crippen LogP contribution in [0.4, 0.5) is 21.0 Å². The number of nitrogens with zero attached hydrogens (tertiary/aromatic N) is 2. The van der Waals surface area contributed by atoms with E-state index in [1.807, 2.05) is 0 Å². The van der Waals surface area contributed by atoms with Crippen LogP contribution >= 0.6 is 11.3 Å². The number of nitrogens with two attached hydrogens (primary N) is 1. The second-order valence-corrected chi connectivity index (χ2v) is 8.23. The Hall–Kier alpha value is -3.53. The van der Waals surface area contributed by atoms with Crippen LogP contribution < -0.4 is 21.1 Å². The van der Waals surface area contributed by atoms with Crippen LogP contribution in [0, 0.1) is 12.7 Å². The molecule has 2 amide bonds. The number of nitrogen functional groups attached to an aromatic ring is 1. The van der Waals surface area contributed by atoms with Gasteiger partial charge in [-0.05, 0) is 56.0 Å². The van der Waals surface area contributed by atoms with Gasteiger partial charge in [0.25, 0.3) is 11.8 Å². The van der Waals surface area contributed by atoms with Gasteiger partial charge in [-0.3, -0.25) is 9.59 Å². The Labute approximate surface area is 181 Å². The number of amides is 2. The molecule has 2 heterocycles. The maximum Gasteiger partial charge on any atom is 0.267 e. The van der Waals surface area contributed by atoms with Gasteiger partial charge in [0.1, 0.15) is 22.3 Å². The van der Waals surface area contributed by atoms with Gasteiger partial charge in [0.2, 0.25) is 0 Å². The average Bonchev–Trinajstić information content (AvgIpc) is 3.14. The minimum absolute atomic E-state index is 0.221. The molecule has 1 aromatic carbocycles. The lowest BCUT2D eigenvalue weighted by atomic mass is 9.96. The van der Waals surface area contributed by atoms with Gasteiger partial charge in [-0.25, -0.2) is 14.4 Å². The highest BCUT2D eigenvalue weighted by molar-refractivity contribution is 7.17. The Morgan fingerprint density at radius 3 is 2.58 bits per heavy atom. The highest BCUT2D eigenvalue weighted by Gasteiger charge is 2.20. The van der Waals surface area contributed by atoms with Crippen molar-refractivity contribution in [2.75, 3.05) is 16.4 Å². The van der Waals surface area contributed by atoms with Gasteiger partial charge in [-0.15, -0.1) is 0 Å². The van der Waals surface area contributed by atoms with E-state index in [1.54, 1.807) is 19.1 Å². The van der Waals surface area contributed by atoms with E-state index in [1.165, 1.54) is 24.5 Å². The molecule has 2 aromatic heterocycles. The molecule has 1 aliphatic rings. The number of anilines is 3. The van der Waals surface area contributed by atoms with Crippen molar-refractivity contribution in [2.24, 2.45) is 0 Å². The molecule has 0 aliphatic heterocycles. The van der Waals surface area contributed by atoms with Gasteiger partial charge >= 0.3 is 0 Å². The van der Waals surface area contributed by atoms with Crippen LogP contribution in [0.15, 0.2) is 36.7 Å². The SMILES string of the molecule is Cc1cc(F)c(C(=O)Nc2ccc(OC3CCC3)cn2)cc1NC(=O)c1cnc(N)s1. The van der Waals surface area contributed by atoms with E-state index in [0.29, 0.717) is 21.9 Å². The quantitative estimate of drug-likeness (QED) is 0.532. The molecule has 0 spiro atoms. The normalized spacial score (nSPS) is 13.4. The fourth-order valence-corrected chi connectivity index (χ4v) is 3.53. The predicted octanol–water partition coefficient (Wildman–Crippen LogP) is 4.00. The molecule has 8 nitrogen and oxygen atoms in total. The first kappa shape index (κ1) is 20.7. The summed E-state index contributed by atoms with van der Waals surface area (Å²) in [7, 11) is 0. The highest BCUT2D eigenvalue weighted by Crippen LogP contribution is 2.26. The lowest BCUT2D eigenvalue weighted by Crippen LogP contribution is -2.24. The average molecular weight is 441 g/mol. The molecular formula is C21H20FN5O3S. The van der Waals surface area contributed by atoms with Crippen LogP contribution in [0.3, 0.4) is 0 Å². The Morgan fingerprint density at radius 2 is 1.97 bits per heavy atom. The third kappa shape index (κ3) is 4.80. The first-order valence-electron chi connectivity index (χ1n) is 9.66. The van der Waals surface area contributed by atoms with E-state index in [0.717, 1.165) is 30.6 Å². The van der Waals surface area contributed by atoms with Crippen molar-refractivity contribution in [3.8, 4) is 5.75 Å². The van der Waals surface area contributed by atoms with Crippen molar-refractivity contribution in [2.45, 2.75) is 32.3 Å². The Morgan fingerprint density at radius 1 is 1.16 bits per heavy atom. The monoisotopic (exact) mass is 441 g/mol. The number of carbonyl (C=O) groups is 2. The molecule has 1 fully saturated rings. The number of nitrogens with one attached hydrogen (secondary N) is 2. The smallest absolute Gasteiger partial charge is 0.267 e. The Kier molecular flexibility index (Phi) is 5.81. The van der Waals surface area contributed by atoms with Crippen LogP contribution in [-0.2, 0) is 0 Å². The summed E-state index contributed by atoms with van der Waals surface area (Å²) in [5.74, 6) is -0.955. The topological polar surface area (TPSA) is 119 Å². The number of hydrogen-bond donors (Lipinski definition) is 3. The van der Waals surface area contributed by atoms with E-state index in [9.17, 15) is 14.0 Å². The molecule has 4 rings (SSSR count). The van der Waals surface area contributed by atoms with Gasteiger partial charge in [0, 0.05) is 5.69 Å². The predicted molar refractivity (Wildman–Crippen MR) is 116 cm³/mol. The molecule has 3 aromatic rings. The molecule has 31 heavy (non-hydrogen) atoms. The van der Waals surface area contributed by atoms with E-state index in [2.05, 4.69) is 20.6 Å². The van der Waals surface area contributed by atoms with Gasteiger partial charge in [0.15, 0.2) is 5.13 Å². The Bertz CT molecular complexity index is 1130. The summed E-state index contributed by atoms with van der Waals surface area (Å²) >= 11 is 1.03. The number of ether oxygens (including phenoxy) is 1. The van der Waals surface area contributed by atoms with E-state index < -0.39 is 17.6 Å². The van der Waals surface area contributed by atoms with Crippen molar-refractivity contribution >= 4 is 39.8 Å². The van der Waals surface area contributed by atoms with Crippen LogP contribution in [0.25, 0.3) is 0 Å². The molecule has 1 aliphatic carbocycles. The summed E-state index contributed by atoms with van der Waals surface area (Å²) < 4.78 is 20.2. The number of halogens is 1. The number of hydrogen-bond acceptors (Lipinski definition) is 7. The maximum atomic E-state index is 14.5. The van der Waals surface area contributed by atoms with Crippen LogP contribution in [0.5, 0.6) is 5.75 Å². The number of rotatable bonds is 6. The largest absolute Gasteiger partial charge is 0.489 e. The second-order valence-electron chi connectivity index (χ2n) is 7.17. The fourth-order valence-electron chi connectivity index (χ4n) is 2.95. The van der Waals surface area contributed by atoms with Crippen molar-refractivity contribution in [1.29, 1.82) is 0 Å². The van der Waals surface area contributed by atoms with Gasteiger partial charge in [-0.2, -0.15) is 0 Å². The van der Waals surface area contributed by atoms with Crippen molar-refractivity contribution in [3.05, 3.63) is 58.5 Å².